The van der Waals surface area contributed by atoms with Crippen molar-refractivity contribution in [2.24, 2.45) is 40.4 Å². The van der Waals surface area contributed by atoms with Gasteiger partial charge in [-0.25, -0.2) is 0 Å². The number of hydrogen-bond donors (Lipinski definition) is 0. The second-order valence-corrected chi connectivity index (χ2v) is 11.4. The van der Waals surface area contributed by atoms with E-state index < -0.39 is 0 Å². The lowest BCUT2D eigenvalue weighted by atomic mass is 9.47. The van der Waals surface area contributed by atoms with Gasteiger partial charge in [0.2, 0.25) is 0 Å². The van der Waals surface area contributed by atoms with Gasteiger partial charge in [-0.05, 0) is 104 Å². The predicted octanol–water partition coefficient (Wildman–Crippen LogP) is 7.83. The average Bonchev–Trinajstić information content (AvgIpc) is 3.05. The molecule has 1 aromatic carbocycles. The van der Waals surface area contributed by atoms with E-state index in [1.165, 1.54) is 69.8 Å². The normalized spacial score (nSPS) is 43.5. The Morgan fingerprint density at radius 3 is 2.61 bits per heavy atom. The molecule has 0 heteroatoms. The molecule has 28 heavy (non-hydrogen) atoms. The first-order valence-electron chi connectivity index (χ1n) is 12.3. The molecule has 0 aromatic heterocycles. The van der Waals surface area contributed by atoms with E-state index in [1.54, 1.807) is 0 Å². The fraction of sp³-hybridized carbons (Fsp3) is 0.714. The molecular formula is C28H40. The number of benzene rings is 1. The highest BCUT2D eigenvalue weighted by atomic mass is 14.6. The minimum absolute atomic E-state index is 0.552. The fourth-order valence-electron chi connectivity index (χ4n) is 8.80. The molecule has 3 fully saturated rings. The van der Waals surface area contributed by atoms with Crippen LogP contribution in [0, 0.1) is 40.4 Å². The summed E-state index contributed by atoms with van der Waals surface area (Å²) in [7, 11) is 0. The summed E-state index contributed by atoms with van der Waals surface area (Å²) in [4.78, 5) is 0. The van der Waals surface area contributed by atoms with Crippen molar-refractivity contribution >= 4 is 0 Å². The van der Waals surface area contributed by atoms with Gasteiger partial charge in [0, 0.05) is 0 Å². The van der Waals surface area contributed by atoms with Crippen molar-refractivity contribution in [1.82, 2.24) is 0 Å². The van der Waals surface area contributed by atoms with Crippen LogP contribution in [0.5, 0.6) is 0 Å². The van der Waals surface area contributed by atoms with Crippen LogP contribution in [-0.2, 0) is 6.42 Å². The van der Waals surface area contributed by atoms with E-state index in [1.807, 2.05) is 5.57 Å². The number of hydrogen-bond acceptors (Lipinski definition) is 0. The van der Waals surface area contributed by atoms with Crippen molar-refractivity contribution in [1.29, 1.82) is 0 Å². The Kier molecular flexibility index (Phi) is 4.76. The molecule has 0 aliphatic heterocycles. The van der Waals surface area contributed by atoms with Crippen molar-refractivity contribution in [3.05, 3.63) is 47.5 Å². The highest BCUT2D eigenvalue weighted by Crippen LogP contribution is 2.67. The highest BCUT2D eigenvalue weighted by Gasteiger charge is 2.58. The van der Waals surface area contributed by atoms with E-state index in [2.05, 4.69) is 57.2 Å². The molecule has 5 rings (SSSR count). The van der Waals surface area contributed by atoms with Crippen LogP contribution < -0.4 is 0 Å². The SMILES string of the molecule is CC(Cc1ccccc1)[C@H]1CC[C@H]2[C@@H]3CC=C4CCCC[C@]4(C)[C@H]3CC[C@]12C. The first kappa shape index (κ1) is 19.0. The lowest BCUT2D eigenvalue weighted by Gasteiger charge is -2.58. The molecule has 0 amide bonds. The third kappa shape index (κ3) is 2.85. The van der Waals surface area contributed by atoms with E-state index >= 15 is 0 Å². The summed E-state index contributed by atoms with van der Waals surface area (Å²) >= 11 is 0. The third-order valence-corrected chi connectivity index (χ3v) is 10.2. The van der Waals surface area contributed by atoms with E-state index in [0.29, 0.717) is 10.8 Å². The average molecular weight is 377 g/mol. The minimum Gasteiger partial charge on any atom is -0.0845 e. The van der Waals surface area contributed by atoms with Crippen molar-refractivity contribution in [2.75, 3.05) is 0 Å². The van der Waals surface area contributed by atoms with Crippen LogP contribution in [0.15, 0.2) is 42.0 Å². The summed E-state index contributed by atoms with van der Waals surface area (Å²) in [5, 5.41) is 0. The molecule has 0 heterocycles. The summed E-state index contributed by atoms with van der Waals surface area (Å²) in [6.45, 7) is 7.91. The monoisotopic (exact) mass is 376 g/mol. The van der Waals surface area contributed by atoms with E-state index in [9.17, 15) is 0 Å². The Morgan fingerprint density at radius 1 is 0.964 bits per heavy atom. The van der Waals surface area contributed by atoms with Gasteiger partial charge in [-0.2, -0.15) is 0 Å². The van der Waals surface area contributed by atoms with Crippen molar-refractivity contribution in [3.8, 4) is 0 Å². The van der Waals surface area contributed by atoms with Crippen LogP contribution >= 0.6 is 0 Å². The van der Waals surface area contributed by atoms with Crippen LogP contribution in [0.25, 0.3) is 0 Å². The van der Waals surface area contributed by atoms with Gasteiger partial charge in [-0.3, -0.25) is 0 Å². The Morgan fingerprint density at radius 2 is 1.79 bits per heavy atom. The lowest BCUT2D eigenvalue weighted by molar-refractivity contribution is -0.0492. The zero-order chi connectivity index (χ0) is 19.4. The molecule has 1 aromatic rings. The molecular weight excluding hydrogens is 336 g/mol. The second kappa shape index (κ2) is 7.03. The van der Waals surface area contributed by atoms with Crippen molar-refractivity contribution in [3.63, 3.8) is 0 Å². The van der Waals surface area contributed by atoms with Gasteiger partial charge in [0.25, 0.3) is 0 Å². The van der Waals surface area contributed by atoms with E-state index in [-0.39, 0.29) is 0 Å². The standard InChI is InChI=1S/C28H40/c1-20(19-21-9-5-4-6-10-21)24-14-15-25-23-13-12-22-11-7-8-17-27(22,2)26(23)16-18-28(24,25)3/h4-6,9-10,12,20,23-26H,7-8,11,13-19H2,1-3H3/t20?,23-,24+,25-,26-,27-,28+/m0/s1. The first-order chi connectivity index (χ1) is 13.5. The van der Waals surface area contributed by atoms with Gasteiger partial charge in [0.05, 0.1) is 0 Å². The summed E-state index contributed by atoms with van der Waals surface area (Å²) in [5.74, 6) is 4.66. The third-order valence-electron chi connectivity index (χ3n) is 10.2. The largest absolute Gasteiger partial charge is 0.0845 e. The van der Waals surface area contributed by atoms with Gasteiger partial charge in [0.1, 0.15) is 0 Å². The maximum absolute atomic E-state index is 2.73. The van der Waals surface area contributed by atoms with Crippen molar-refractivity contribution in [2.45, 2.75) is 85.0 Å². The molecule has 4 aliphatic rings. The Hall–Kier alpha value is -1.04. The highest BCUT2D eigenvalue weighted by molar-refractivity contribution is 5.24. The molecule has 0 N–H and O–H groups in total. The van der Waals surface area contributed by atoms with E-state index in [0.717, 1.165) is 29.6 Å². The molecule has 0 spiro atoms. The summed E-state index contributed by atoms with van der Waals surface area (Å²) < 4.78 is 0. The van der Waals surface area contributed by atoms with Crippen LogP contribution in [0.2, 0.25) is 0 Å². The number of allylic oxidation sites excluding steroid dienone is 2. The molecule has 0 saturated heterocycles. The molecule has 152 valence electrons. The molecule has 3 saturated carbocycles. The predicted molar refractivity (Wildman–Crippen MR) is 119 cm³/mol. The Balaban J connectivity index is 1.37. The van der Waals surface area contributed by atoms with Crippen LogP contribution in [-0.4, -0.2) is 0 Å². The Labute approximate surface area is 173 Å². The zero-order valence-corrected chi connectivity index (χ0v) is 18.4. The van der Waals surface area contributed by atoms with Gasteiger partial charge in [-0.1, -0.05) is 69.2 Å². The second-order valence-electron chi connectivity index (χ2n) is 11.4. The number of rotatable bonds is 3. The van der Waals surface area contributed by atoms with Crippen LogP contribution in [0.1, 0.15) is 84.1 Å². The molecule has 0 radical (unpaired) electrons. The van der Waals surface area contributed by atoms with Gasteiger partial charge < -0.3 is 0 Å². The topological polar surface area (TPSA) is 0 Å². The number of fused-ring (bicyclic) bond motifs is 5. The lowest BCUT2D eigenvalue weighted by Crippen LogP contribution is -2.50. The van der Waals surface area contributed by atoms with Gasteiger partial charge >= 0.3 is 0 Å². The molecule has 0 bridgehead atoms. The summed E-state index contributed by atoms with van der Waals surface area (Å²) in [6, 6.07) is 11.2. The van der Waals surface area contributed by atoms with Crippen LogP contribution in [0.3, 0.4) is 0 Å². The van der Waals surface area contributed by atoms with Crippen LogP contribution in [0.4, 0.5) is 0 Å². The summed E-state index contributed by atoms with van der Waals surface area (Å²) in [6.07, 6.45) is 17.1. The first-order valence-corrected chi connectivity index (χ1v) is 12.3. The maximum Gasteiger partial charge on any atom is -0.00853 e. The molecule has 4 aliphatic carbocycles. The maximum atomic E-state index is 2.73. The molecule has 7 atom stereocenters. The zero-order valence-electron chi connectivity index (χ0n) is 18.4. The molecule has 0 nitrogen and oxygen atoms in total. The van der Waals surface area contributed by atoms with Gasteiger partial charge in [-0.15, -0.1) is 0 Å². The quantitative estimate of drug-likeness (QED) is 0.471. The summed E-state index contributed by atoms with van der Waals surface area (Å²) in [5.41, 5.74) is 4.54. The smallest absolute Gasteiger partial charge is 0.00853 e. The van der Waals surface area contributed by atoms with E-state index in [4.69, 9.17) is 0 Å². The Bertz CT molecular complexity index is 730. The molecule has 1 unspecified atom stereocenters. The van der Waals surface area contributed by atoms with Gasteiger partial charge in [0.15, 0.2) is 0 Å². The fourth-order valence-corrected chi connectivity index (χ4v) is 8.80. The van der Waals surface area contributed by atoms with Crippen molar-refractivity contribution < 1.29 is 0 Å². The minimum atomic E-state index is 0.552.